The van der Waals surface area contributed by atoms with E-state index < -0.39 is 0 Å². The number of hydrogen-bond acceptors (Lipinski definition) is 6. The van der Waals surface area contributed by atoms with Gasteiger partial charge in [-0.3, -0.25) is 4.98 Å². The van der Waals surface area contributed by atoms with E-state index in [0.29, 0.717) is 13.2 Å². The molecule has 0 fully saturated rings. The average Bonchev–Trinajstić information content (AvgIpc) is 3.66. The summed E-state index contributed by atoms with van der Waals surface area (Å²) in [6.45, 7) is 7.03. The SMILES string of the molecule is CN(C)CCN1C(c2cncc(-c3cc4cc(OCc5ccccc5)ccc4n3CCN(C)C)c2)=CC2(C)C=C(OCc3ccccc3)C=CC12. The maximum absolute atomic E-state index is 6.31. The summed E-state index contributed by atoms with van der Waals surface area (Å²) < 4.78 is 15.0. The van der Waals surface area contributed by atoms with Crippen molar-refractivity contribution in [3.05, 3.63) is 150 Å². The number of pyridine rings is 1. The molecular formula is C44H49N5O2. The normalized spacial score (nSPS) is 18.3. The van der Waals surface area contributed by atoms with E-state index >= 15 is 0 Å². The molecule has 0 radical (unpaired) electrons. The van der Waals surface area contributed by atoms with E-state index in [2.05, 4.69) is 145 Å². The molecule has 1 aliphatic carbocycles. The molecule has 262 valence electrons. The third-order valence-corrected chi connectivity index (χ3v) is 9.88. The molecule has 51 heavy (non-hydrogen) atoms. The van der Waals surface area contributed by atoms with Crippen LogP contribution >= 0.6 is 0 Å². The number of likely N-dealkylation sites (N-methyl/N-ethyl adjacent to an activating group) is 2. The summed E-state index contributed by atoms with van der Waals surface area (Å²) in [5, 5.41) is 1.16. The number of benzene rings is 3. The Balaban J connectivity index is 1.21. The third kappa shape index (κ3) is 7.80. The van der Waals surface area contributed by atoms with Crippen LogP contribution in [0.3, 0.4) is 0 Å². The molecule has 2 aromatic heterocycles. The number of fused-ring (bicyclic) bond motifs is 2. The van der Waals surface area contributed by atoms with E-state index in [1.807, 2.05) is 36.7 Å². The van der Waals surface area contributed by atoms with Gasteiger partial charge >= 0.3 is 0 Å². The molecule has 7 heteroatoms. The fraction of sp³-hybridized carbons (Fsp3) is 0.295. The van der Waals surface area contributed by atoms with Crippen LogP contribution in [-0.2, 0) is 24.5 Å². The van der Waals surface area contributed by atoms with E-state index in [9.17, 15) is 0 Å². The van der Waals surface area contributed by atoms with E-state index in [-0.39, 0.29) is 11.5 Å². The molecule has 7 nitrogen and oxygen atoms in total. The van der Waals surface area contributed by atoms with Crippen LogP contribution in [0.5, 0.6) is 5.75 Å². The number of nitrogens with zero attached hydrogens (tertiary/aromatic N) is 5. The second-order valence-electron chi connectivity index (χ2n) is 14.5. The molecule has 0 spiro atoms. The van der Waals surface area contributed by atoms with Gasteiger partial charge in [-0.25, -0.2) is 0 Å². The van der Waals surface area contributed by atoms with E-state index in [0.717, 1.165) is 71.0 Å². The van der Waals surface area contributed by atoms with Crippen molar-refractivity contribution in [1.82, 2.24) is 24.3 Å². The molecule has 1 aliphatic heterocycles. The van der Waals surface area contributed by atoms with Gasteiger partial charge < -0.3 is 28.7 Å². The fourth-order valence-corrected chi connectivity index (χ4v) is 7.15. The maximum Gasteiger partial charge on any atom is 0.120 e. The molecule has 2 aliphatic rings. The molecule has 0 saturated carbocycles. The van der Waals surface area contributed by atoms with Gasteiger partial charge in [0.2, 0.25) is 0 Å². The highest BCUT2D eigenvalue weighted by Gasteiger charge is 2.43. The summed E-state index contributed by atoms with van der Waals surface area (Å²) in [6, 6.07) is 31.9. The molecule has 0 saturated heterocycles. The number of ether oxygens (including phenoxy) is 2. The van der Waals surface area contributed by atoms with E-state index in [1.165, 1.54) is 11.2 Å². The van der Waals surface area contributed by atoms with Crippen LogP contribution < -0.4 is 4.74 Å². The summed E-state index contributed by atoms with van der Waals surface area (Å²) in [4.78, 5) is 11.9. The van der Waals surface area contributed by atoms with E-state index in [4.69, 9.17) is 14.5 Å². The predicted octanol–water partition coefficient (Wildman–Crippen LogP) is 8.11. The first-order chi connectivity index (χ1) is 24.8. The smallest absolute Gasteiger partial charge is 0.120 e. The fourth-order valence-electron chi connectivity index (χ4n) is 7.15. The van der Waals surface area contributed by atoms with Gasteiger partial charge in [-0.15, -0.1) is 0 Å². The lowest BCUT2D eigenvalue weighted by Crippen LogP contribution is -2.41. The Labute approximate surface area is 302 Å². The van der Waals surface area contributed by atoms with Crippen molar-refractivity contribution < 1.29 is 9.47 Å². The molecule has 7 rings (SSSR count). The molecule has 5 aromatic rings. The van der Waals surface area contributed by atoms with Crippen LogP contribution in [-0.4, -0.2) is 78.1 Å². The predicted molar refractivity (Wildman–Crippen MR) is 208 cm³/mol. The van der Waals surface area contributed by atoms with Crippen LogP contribution in [0.1, 0.15) is 23.6 Å². The van der Waals surface area contributed by atoms with Gasteiger partial charge in [0.15, 0.2) is 0 Å². The van der Waals surface area contributed by atoms with Crippen molar-refractivity contribution in [2.75, 3.05) is 47.8 Å². The van der Waals surface area contributed by atoms with Crippen molar-refractivity contribution in [1.29, 1.82) is 0 Å². The van der Waals surface area contributed by atoms with Gasteiger partial charge in [-0.2, -0.15) is 0 Å². The van der Waals surface area contributed by atoms with Crippen LogP contribution in [0.15, 0.2) is 133 Å². The van der Waals surface area contributed by atoms with Crippen molar-refractivity contribution in [3.63, 3.8) is 0 Å². The highest BCUT2D eigenvalue weighted by Crippen LogP contribution is 2.46. The molecule has 3 heterocycles. The lowest BCUT2D eigenvalue weighted by molar-refractivity contribution is 0.192. The van der Waals surface area contributed by atoms with E-state index in [1.54, 1.807) is 0 Å². The van der Waals surface area contributed by atoms with Gasteiger partial charge in [0.05, 0.1) is 11.7 Å². The van der Waals surface area contributed by atoms with Gasteiger partial charge in [0.25, 0.3) is 0 Å². The quantitative estimate of drug-likeness (QED) is 0.118. The lowest BCUT2D eigenvalue weighted by Gasteiger charge is -2.37. The Morgan fingerprint density at radius 1 is 0.725 bits per heavy atom. The Bertz CT molecular complexity index is 2050. The monoisotopic (exact) mass is 679 g/mol. The summed E-state index contributed by atoms with van der Waals surface area (Å²) in [5.74, 6) is 1.78. The summed E-state index contributed by atoms with van der Waals surface area (Å²) in [5.41, 5.74) is 7.85. The molecule has 0 bridgehead atoms. The second kappa shape index (κ2) is 15.0. The largest absolute Gasteiger partial charge is 0.489 e. The van der Waals surface area contributed by atoms with Gasteiger partial charge in [0, 0.05) is 71.7 Å². The Morgan fingerprint density at radius 2 is 1.39 bits per heavy atom. The first-order valence-electron chi connectivity index (χ1n) is 17.9. The zero-order chi connectivity index (χ0) is 35.4. The highest BCUT2D eigenvalue weighted by molar-refractivity contribution is 5.88. The first kappa shape index (κ1) is 34.3. The summed E-state index contributed by atoms with van der Waals surface area (Å²) in [7, 11) is 8.52. The van der Waals surface area contributed by atoms with Crippen LogP contribution in [0.25, 0.3) is 27.9 Å². The standard InChI is InChI=1S/C44H49N5O2/c1-44-27-39(51-32-34-14-10-7-11-15-34)17-19-43(44)49(23-21-47(4)5)42(28-44)37-24-36(29-45-30-37)41-26-35-25-38(50-31-33-12-8-6-9-13-33)16-18-40(35)48(41)22-20-46(2)3/h6-19,24-30,43H,20-23,31-32H2,1-5H3. The Hall–Kier alpha value is -5.11. The minimum atomic E-state index is -0.227. The van der Waals surface area contributed by atoms with Crippen molar-refractivity contribution in [2.24, 2.45) is 5.41 Å². The van der Waals surface area contributed by atoms with Gasteiger partial charge in [0.1, 0.15) is 24.7 Å². The first-order valence-corrected chi connectivity index (χ1v) is 17.9. The second-order valence-corrected chi connectivity index (χ2v) is 14.5. The van der Waals surface area contributed by atoms with Gasteiger partial charge in [-0.05, 0) is 87.9 Å². The molecule has 2 atom stereocenters. The minimum absolute atomic E-state index is 0.182. The Kier molecular flexibility index (Phi) is 10.1. The average molecular weight is 680 g/mol. The van der Waals surface area contributed by atoms with Crippen LogP contribution in [0, 0.1) is 5.41 Å². The Morgan fingerprint density at radius 3 is 2.10 bits per heavy atom. The van der Waals surface area contributed by atoms with Crippen LogP contribution in [0.4, 0.5) is 0 Å². The molecule has 0 amide bonds. The number of allylic oxidation sites excluding steroid dienone is 1. The van der Waals surface area contributed by atoms with Crippen molar-refractivity contribution in [3.8, 4) is 17.0 Å². The van der Waals surface area contributed by atoms with Crippen LogP contribution in [0.2, 0.25) is 0 Å². The number of rotatable bonds is 14. The summed E-state index contributed by atoms with van der Waals surface area (Å²) >= 11 is 0. The number of hydrogen-bond donors (Lipinski definition) is 0. The van der Waals surface area contributed by atoms with Crippen molar-refractivity contribution in [2.45, 2.75) is 32.7 Å². The topological polar surface area (TPSA) is 46.0 Å². The number of aromatic nitrogens is 2. The highest BCUT2D eigenvalue weighted by atomic mass is 16.5. The zero-order valence-electron chi connectivity index (χ0n) is 30.5. The van der Waals surface area contributed by atoms with Crippen molar-refractivity contribution >= 4 is 16.6 Å². The summed E-state index contributed by atoms with van der Waals surface area (Å²) in [6.07, 6.45) is 13.2. The molecular weight excluding hydrogens is 631 g/mol. The van der Waals surface area contributed by atoms with Gasteiger partial charge in [-0.1, -0.05) is 73.7 Å². The lowest BCUT2D eigenvalue weighted by atomic mass is 9.80. The molecule has 2 unspecified atom stereocenters. The molecule has 0 N–H and O–H groups in total. The molecule has 3 aromatic carbocycles. The minimum Gasteiger partial charge on any atom is -0.489 e. The third-order valence-electron chi connectivity index (χ3n) is 9.88. The zero-order valence-corrected chi connectivity index (χ0v) is 30.5. The maximum atomic E-state index is 6.31.